The molecule has 0 aliphatic carbocycles. The van der Waals surface area contributed by atoms with Crippen LogP contribution in [0.25, 0.3) is 0 Å². The van der Waals surface area contributed by atoms with Crippen molar-refractivity contribution >= 4 is 0 Å². The van der Waals surface area contributed by atoms with Gasteiger partial charge in [-0.1, -0.05) is 11.8 Å². The van der Waals surface area contributed by atoms with E-state index >= 15 is 0 Å². The monoisotopic (exact) mass is 264 g/mol. The largest absolute Gasteiger partial charge is 0.490 e. The third kappa shape index (κ3) is 7.42. The standard InChI is InChI=1S/C14H20N2O3/c1-17-6-3-7-18-8-9-19-14-10-13(4-2-5-15)11-16-12-14/h10-12H,3,5-9,15H2,1H3. The zero-order valence-corrected chi connectivity index (χ0v) is 11.2. The summed E-state index contributed by atoms with van der Waals surface area (Å²) in [5.41, 5.74) is 6.11. The molecule has 5 nitrogen and oxygen atoms in total. The lowest BCUT2D eigenvalue weighted by Crippen LogP contribution is -2.08. The molecule has 0 aliphatic heterocycles. The molecule has 5 heteroatoms. The van der Waals surface area contributed by atoms with Gasteiger partial charge in [-0.25, -0.2) is 0 Å². The van der Waals surface area contributed by atoms with Crippen LogP contribution < -0.4 is 10.5 Å². The number of rotatable bonds is 8. The lowest BCUT2D eigenvalue weighted by Gasteiger charge is -2.06. The summed E-state index contributed by atoms with van der Waals surface area (Å²) in [7, 11) is 1.68. The Morgan fingerprint density at radius 3 is 2.89 bits per heavy atom. The summed E-state index contributed by atoms with van der Waals surface area (Å²) < 4.78 is 15.8. The third-order valence-electron chi connectivity index (χ3n) is 2.18. The Kier molecular flexibility index (Phi) is 8.39. The molecule has 1 aromatic rings. The van der Waals surface area contributed by atoms with Crippen LogP contribution in [0.1, 0.15) is 12.0 Å². The number of hydrogen-bond donors (Lipinski definition) is 1. The second-order valence-corrected chi connectivity index (χ2v) is 3.72. The van der Waals surface area contributed by atoms with Crippen LogP contribution in [-0.4, -0.2) is 45.1 Å². The number of aromatic nitrogens is 1. The van der Waals surface area contributed by atoms with Crippen LogP contribution in [0.4, 0.5) is 0 Å². The molecule has 0 saturated carbocycles. The molecule has 0 spiro atoms. The first-order valence-corrected chi connectivity index (χ1v) is 6.20. The molecule has 1 aromatic heterocycles. The van der Waals surface area contributed by atoms with E-state index < -0.39 is 0 Å². The molecule has 0 bridgehead atoms. The van der Waals surface area contributed by atoms with E-state index in [4.69, 9.17) is 19.9 Å². The number of pyridine rings is 1. The SMILES string of the molecule is COCCCOCCOc1cncc(C#CCN)c1. The summed E-state index contributed by atoms with van der Waals surface area (Å²) in [6, 6.07) is 1.83. The molecule has 104 valence electrons. The molecule has 0 fully saturated rings. The molecule has 1 rings (SSSR count). The van der Waals surface area contributed by atoms with Crippen molar-refractivity contribution in [1.82, 2.24) is 4.98 Å². The van der Waals surface area contributed by atoms with E-state index in [1.54, 1.807) is 19.5 Å². The summed E-state index contributed by atoms with van der Waals surface area (Å²) in [5, 5.41) is 0. The van der Waals surface area contributed by atoms with Crippen LogP contribution in [0.5, 0.6) is 5.75 Å². The zero-order chi connectivity index (χ0) is 13.8. The Labute approximate surface area is 114 Å². The van der Waals surface area contributed by atoms with Gasteiger partial charge >= 0.3 is 0 Å². The molecule has 0 saturated heterocycles. The third-order valence-corrected chi connectivity index (χ3v) is 2.18. The highest BCUT2D eigenvalue weighted by Crippen LogP contribution is 2.10. The van der Waals surface area contributed by atoms with Gasteiger partial charge in [-0.15, -0.1) is 0 Å². The van der Waals surface area contributed by atoms with Crippen LogP contribution >= 0.6 is 0 Å². The molecule has 1 heterocycles. The highest BCUT2D eigenvalue weighted by atomic mass is 16.5. The van der Waals surface area contributed by atoms with Crippen molar-refractivity contribution in [2.24, 2.45) is 5.73 Å². The highest BCUT2D eigenvalue weighted by molar-refractivity contribution is 5.36. The van der Waals surface area contributed by atoms with Gasteiger partial charge in [-0.05, 0) is 12.5 Å². The van der Waals surface area contributed by atoms with Gasteiger partial charge in [0, 0.05) is 32.1 Å². The molecular weight excluding hydrogens is 244 g/mol. The summed E-state index contributed by atoms with van der Waals surface area (Å²) in [6.07, 6.45) is 4.22. The Bertz CT molecular complexity index is 413. The first kappa shape index (κ1) is 15.4. The summed E-state index contributed by atoms with van der Waals surface area (Å²) in [5.74, 6) is 6.36. The van der Waals surface area contributed by atoms with Crippen LogP contribution in [-0.2, 0) is 9.47 Å². The van der Waals surface area contributed by atoms with Crippen LogP contribution in [0, 0.1) is 11.8 Å². The maximum atomic E-state index is 5.52. The van der Waals surface area contributed by atoms with Crippen molar-refractivity contribution in [3.63, 3.8) is 0 Å². The lowest BCUT2D eigenvalue weighted by molar-refractivity contribution is 0.0805. The highest BCUT2D eigenvalue weighted by Gasteiger charge is 1.96. The van der Waals surface area contributed by atoms with Crippen molar-refractivity contribution in [1.29, 1.82) is 0 Å². The number of hydrogen-bond acceptors (Lipinski definition) is 5. The van der Waals surface area contributed by atoms with Crippen molar-refractivity contribution < 1.29 is 14.2 Å². The van der Waals surface area contributed by atoms with E-state index in [0.29, 0.717) is 38.7 Å². The van der Waals surface area contributed by atoms with E-state index in [1.165, 1.54) is 0 Å². The van der Waals surface area contributed by atoms with Crippen LogP contribution in [0.15, 0.2) is 18.5 Å². The topological polar surface area (TPSA) is 66.6 Å². The van der Waals surface area contributed by atoms with E-state index in [1.807, 2.05) is 6.07 Å². The van der Waals surface area contributed by atoms with Crippen molar-refractivity contribution in [3.05, 3.63) is 24.0 Å². The van der Waals surface area contributed by atoms with Gasteiger partial charge in [-0.3, -0.25) is 4.98 Å². The summed E-state index contributed by atoms with van der Waals surface area (Å²) in [4.78, 5) is 4.05. The fourth-order valence-corrected chi connectivity index (χ4v) is 1.35. The molecule has 0 aromatic carbocycles. The quantitative estimate of drug-likeness (QED) is 0.556. The lowest BCUT2D eigenvalue weighted by atomic mass is 10.3. The average molecular weight is 264 g/mol. The minimum Gasteiger partial charge on any atom is -0.490 e. The predicted molar refractivity (Wildman–Crippen MR) is 73.0 cm³/mol. The molecule has 0 amide bonds. The van der Waals surface area contributed by atoms with Crippen molar-refractivity contribution in [2.45, 2.75) is 6.42 Å². The summed E-state index contributed by atoms with van der Waals surface area (Å²) >= 11 is 0. The fourth-order valence-electron chi connectivity index (χ4n) is 1.35. The maximum Gasteiger partial charge on any atom is 0.138 e. The van der Waals surface area contributed by atoms with E-state index in [-0.39, 0.29) is 0 Å². The van der Waals surface area contributed by atoms with Gasteiger partial charge in [-0.2, -0.15) is 0 Å². The Morgan fingerprint density at radius 2 is 2.11 bits per heavy atom. The number of ether oxygens (including phenoxy) is 3. The number of methoxy groups -OCH3 is 1. The maximum absolute atomic E-state index is 5.52. The Morgan fingerprint density at radius 1 is 1.21 bits per heavy atom. The molecule has 0 unspecified atom stereocenters. The van der Waals surface area contributed by atoms with Crippen molar-refractivity contribution in [3.8, 4) is 17.6 Å². The van der Waals surface area contributed by atoms with Gasteiger partial charge in [0.05, 0.1) is 19.3 Å². The second-order valence-electron chi connectivity index (χ2n) is 3.72. The molecular formula is C14H20N2O3. The normalized spacial score (nSPS) is 9.79. The Balaban J connectivity index is 2.22. The minimum absolute atomic E-state index is 0.334. The molecule has 0 aliphatic rings. The van der Waals surface area contributed by atoms with Crippen molar-refractivity contribution in [2.75, 3.05) is 40.1 Å². The van der Waals surface area contributed by atoms with Gasteiger partial charge in [0.25, 0.3) is 0 Å². The molecule has 0 atom stereocenters. The number of nitrogens with two attached hydrogens (primary N) is 1. The Hall–Kier alpha value is -1.61. The number of nitrogens with zero attached hydrogens (tertiary/aromatic N) is 1. The van der Waals surface area contributed by atoms with E-state index in [0.717, 1.165) is 12.0 Å². The molecule has 0 radical (unpaired) electrons. The van der Waals surface area contributed by atoms with Gasteiger partial charge in [0.2, 0.25) is 0 Å². The van der Waals surface area contributed by atoms with Gasteiger partial charge in [0.1, 0.15) is 12.4 Å². The average Bonchev–Trinajstić information content (AvgIpc) is 2.44. The zero-order valence-electron chi connectivity index (χ0n) is 11.2. The van der Waals surface area contributed by atoms with Crippen LogP contribution in [0.3, 0.4) is 0 Å². The first-order chi connectivity index (χ1) is 9.36. The predicted octanol–water partition coefficient (Wildman–Crippen LogP) is 0.824. The van der Waals surface area contributed by atoms with E-state index in [2.05, 4.69) is 16.8 Å². The first-order valence-electron chi connectivity index (χ1n) is 6.20. The van der Waals surface area contributed by atoms with E-state index in [9.17, 15) is 0 Å². The fraction of sp³-hybridized carbons (Fsp3) is 0.500. The van der Waals surface area contributed by atoms with Gasteiger partial charge < -0.3 is 19.9 Å². The smallest absolute Gasteiger partial charge is 0.138 e. The second kappa shape index (κ2) is 10.3. The molecule has 2 N–H and O–H groups in total. The summed E-state index contributed by atoms with van der Waals surface area (Å²) in [6.45, 7) is 2.76. The van der Waals surface area contributed by atoms with Gasteiger partial charge in [0.15, 0.2) is 0 Å². The minimum atomic E-state index is 0.334. The molecule has 19 heavy (non-hydrogen) atoms. The van der Waals surface area contributed by atoms with Crippen LogP contribution in [0.2, 0.25) is 0 Å².